The number of hydrogen-bond acceptors (Lipinski definition) is 8. The van der Waals surface area contributed by atoms with Crippen LogP contribution < -0.4 is 10.7 Å². The predicted molar refractivity (Wildman–Crippen MR) is 201 cm³/mol. The van der Waals surface area contributed by atoms with E-state index in [1.54, 1.807) is 22.3 Å². The molecule has 1 fully saturated rings. The highest BCUT2D eigenvalue weighted by Crippen LogP contribution is 2.46. The van der Waals surface area contributed by atoms with Crippen LogP contribution in [-0.2, 0) is 33.7 Å². The van der Waals surface area contributed by atoms with Gasteiger partial charge >= 0.3 is 6.09 Å². The van der Waals surface area contributed by atoms with E-state index in [2.05, 4.69) is 15.7 Å². The lowest BCUT2D eigenvalue weighted by Crippen LogP contribution is -2.57. The molecule has 3 amide bonds. The lowest BCUT2D eigenvalue weighted by atomic mass is 9.75. The van der Waals surface area contributed by atoms with Crippen molar-refractivity contribution in [1.29, 1.82) is 0 Å². The summed E-state index contributed by atoms with van der Waals surface area (Å²) in [5.41, 5.74) is 6.76. The number of hydrazine groups is 1. The molecule has 5 atom stereocenters. The number of amides is 3. The van der Waals surface area contributed by atoms with Gasteiger partial charge in [0.15, 0.2) is 0 Å². The minimum absolute atomic E-state index is 0.0685. The van der Waals surface area contributed by atoms with Crippen molar-refractivity contribution in [2.75, 3.05) is 20.2 Å². The number of likely N-dealkylation sites (tertiary alicyclic amines) is 1. The van der Waals surface area contributed by atoms with Gasteiger partial charge in [-0.05, 0) is 57.7 Å². The average molecular weight is 720 g/mol. The average Bonchev–Trinajstić information content (AvgIpc) is 3.60. The second kappa shape index (κ2) is 15.9. The molecular formula is C42H49N5O6. The van der Waals surface area contributed by atoms with Crippen molar-refractivity contribution in [2.45, 2.75) is 70.9 Å². The molecule has 4 N–H and O–H groups in total. The maximum absolute atomic E-state index is 14.8. The van der Waals surface area contributed by atoms with Crippen LogP contribution in [0.2, 0.25) is 0 Å². The fourth-order valence-corrected chi connectivity index (χ4v) is 7.69. The lowest BCUT2D eigenvalue weighted by molar-refractivity contribution is -0.142. The van der Waals surface area contributed by atoms with E-state index in [-0.39, 0.29) is 38.4 Å². The summed E-state index contributed by atoms with van der Waals surface area (Å²) in [6.07, 6.45) is 1.85. The molecule has 2 aliphatic rings. The standard InChI is InChI=1S/C42H49N5O6/c1-41(2,3)37(44-40(52)53-4)38(50)45-46(26-29-16-18-30(19-17-29)32-14-10-21-43-25-32)22-20-42(24-28-11-6-5-7-12-28)35(49)27-47(39(42)51)36-33-15-9-8-13-31(33)23-34(36)48/h5-19,21,25,34-37,48-49H,20,22-24,26-27H2,1-4H3,(H,44,52)(H,45,50)/t34-,35-,36+,37-,42+/m1/s1. The normalized spacial score (nSPS) is 21.7. The monoisotopic (exact) mass is 719 g/mol. The molecule has 1 aliphatic heterocycles. The third kappa shape index (κ3) is 8.27. The summed E-state index contributed by atoms with van der Waals surface area (Å²) in [4.78, 5) is 47.0. The topological polar surface area (TPSA) is 144 Å². The second-order valence-corrected chi connectivity index (χ2v) is 15.2. The Hall–Kier alpha value is -5.10. The van der Waals surface area contributed by atoms with E-state index < -0.39 is 47.1 Å². The van der Waals surface area contributed by atoms with Gasteiger partial charge in [0, 0.05) is 38.4 Å². The first kappa shape index (κ1) is 37.7. The first-order valence-corrected chi connectivity index (χ1v) is 18.1. The number of fused-ring (bicyclic) bond motifs is 1. The molecule has 0 bridgehead atoms. The van der Waals surface area contributed by atoms with Crippen molar-refractivity contribution in [2.24, 2.45) is 10.8 Å². The van der Waals surface area contributed by atoms with Crippen molar-refractivity contribution >= 4 is 17.9 Å². The summed E-state index contributed by atoms with van der Waals surface area (Å²) in [6, 6.07) is 27.6. The number of benzene rings is 3. The summed E-state index contributed by atoms with van der Waals surface area (Å²) in [5, 5.41) is 27.6. The van der Waals surface area contributed by atoms with E-state index in [0.717, 1.165) is 33.4 Å². The quantitative estimate of drug-likeness (QED) is 0.153. The molecule has 3 aromatic carbocycles. The van der Waals surface area contributed by atoms with Crippen LogP contribution in [0.25, 0.3) is 11.1 Å². The molecule has 0 saturated carbocycles. The molecule has 0 spiro atoms. The Morgan fingerprint density at radius 3 is 2.36 bits per heavy atom. The number of rotatable bonds is 12. The van der Waals surface area contributed by atoms with Crippen molar-refractivity contribution < 1.29 is 29.3 Å². The van der Waals surface area contributed by atoms with Gasteiger partial charge in [-0.2, -0.15) is 0 Å². The first-order chi connectivity index (χ1) is 25.4. The molecule has 6 rings (SSSR count). The van der Waals surface area contributed by atoms with E-state index in [4.69, 9.17) is 4.74 Å². The molecule has 11 nitrogen and oxygen atoms in total. The molecule has 1 aromatic heterocycles. The fourth-order valence-electron chi connectivity index (χ4n) is 7.69. The third-order valence-corrected chi connectivity index (χ3v) is 10.6. The second-order valence-electron chi connectivity index (χ2n) is 15.2. The largest absolute Gasteiger partial charge is 0.453 e. The fraction of sp³-hybridized carbons (Fsp3) is 0.381. The number of hydrogen-bond donors (Lipinski definition) is 4. The van der Waals surface area contributed by atoms with Crippen LogP contribution in [0.15, 0.2) is 103 Å². The molecule has 0 radical (unpaired) electrons. The van der Waals surface area contributed by atoms with Gasteiger partial charge in [0.05, 0.1) is 30.8 Å². The van der Waals surface area contributed by atoms with E-state index in [1.165, 1.54) is 7.11 Å². The molecular weight excluding hydrogens is 670 g/mol. The van der Waals surface area contributed by atoms with Gasteiger partial charge in [0.25, 0.3) is 5.91 Å². The molecule has 1 aliphatic carbocycles. The smallest absolute Gasteiger partial charge is 0.407 e. The van der Waals surface area contributed by atoms with Crippen molar-refractivity contribution in [3.8, 4) is 11.1 Å². The Morgan fingerprint density at radius 1 is 0.962 bits per heavy atom. The van der Waals surface area contributed by atoms with Gasteiger partial charge in [0.1, 0.15) is 6.04 Å². The summed E-state index contributed by atoms with van der Waals surface area (Å²) in [7, 11) is 1.25. The Labute approximate surface area is 311 Å². The van der Waals surface area contributed by atoms with Gasteiger partial charge in [-0.15, -0.1) is 0 Å². The van der Waals surface area contributed by atoms with Crippen LogP contribution >= 0.6 is 0 Å². The summed E-state index contributed by atoms with van der Waals surface area (Å²) < 4.78 is 4.83. The van der Waals surface area contributed by atoms with Crippen LogP contribution in [0.1, 0.15) is 55.5 Å². The Bertz CT molecular complexity index is 1880. The third-order valence-electron chi connectivity index (χ3n) is 10.6. The Morgan fingerprint density at radius 2 is 1.68 bits per heavy atom. The number of ether oxygens (including phenoxy) is 1. The van der Waals surface area contributed by atoms with E-state index in [9.17, 15) is 24.6 Å². The SMILES string of the molecule is COC(=O)N[C@H](C(=O)NN(CC[C@@]1(Cc2ccccc2)C(=O)N([C@H]2c3ccccc3C[C@H]2O)C[C@H]1O)Cc1ccc(-c2cccnc2)cc1)C(C)(C)C. The van der Waals surface area contributed by atoms with Gasteiger partial charge in [0.2, 0.25) is 5.91 Å². The minimum Gasteiger partial charge on any atom is -0.453 e. The van der Waals surface area contributed by atoms with Gasteiger partial charge in [-0.3, -0.25) is 20.0 Å². The van der Waals surface area contributed by atoms with E-state index >= 15 is 0 Å². The number of methoxy groups -OCH3 is 1. The molecule has 1 saturated heterocycles. The Kier molecular flexibility index (Phi) is 11.3. The first-order valence-electron chi connectivity index (χ1n) is 18.1. The highest BCUT2D eigenvalue weighted by Gasteiger charge is 2.56. The maximum Gasteiger partial charge on any atom is 0.407 e. The van der Waals surface area contributed by atoms with Crippen LogP contribution in [0.5, 0.6) is 0 Å². The molecule has 278 valence electrons. The lowest BCUT2D eigenvalue weighted by Gasteiger charge is -2.36. The number of β-amino-alcohol motifs (C(OH)–C–C–N with tert-alkyl or cyclic N) is 1. The number of nitrogens with zero attached hydrogens (tertiary/aromatic N) is 3. The van der Waals surface area contributed by atoms with E-state index in [1.807, 2.05) is 112 Å². The summed E-state index contributed by atoms with van der Waals surface area (Å²) in [5.74, 6) is -0.681. The number of carbonyl (C=O) groups is 3. The number of pyridine rings is 1. The van der Waals surface area contributed by atoms with Crippen LogP contribution in [0.4, 0.5) is 4.79 Å². The number of aliphatic hydroxyl groups excluding tert-OH is 2. The van der Waals surface area contributed by atoms with Crippen LogP contribution in [0, 0.1) is 10.8 Å². The van der Waals surface area contributed by atoms with Crippen LogP contribution in [0.3, 0.4) is 0 Å². The molecule has 53 heavy (non-hydrogen) atoms. The number of aromatic nitrogens is 1. The summed E-state index contributed by atoms with van der Waals surface area (Å²) >= 11 is 0. The van der Waals surface area contributed by atoms with Crippen molar-refractivity contribution in [3.63, 3.8) is 0 Å². The van der Waals surface area contributed by atoms with Crippen LogP contribution in [-0.4, -0.2) is 81.5 Å². The summed E-state index contributed by atoms with van der Waals surface area (Å²) in [6.45, 7) is 6.08. The maximum atomic E-state index is 14.8. The number of aliphatic hydroxyl groups is 2. The molecule has 11 heteroatoms. The number of carbonyl (C=O) groups excluding carboxylic acids is 3. The molecule has 2 heterocycles. The van der Waals surface area contributed by atoms with Gasteiger partial charge in [-0.1, -0.05) is 106 Å². The van der Waals surface area contributed by atoms with Gasteiger partial charge < -0.3 is 25.2 Å². The highest BCUT2D eigenvalue weighted by molar-refractivity contribution is 5.87. The van der Waals surface area contributed by atoms with Crippen molar-refractivity contribution in [1.82, 2.24) is 25.6 Å². The van der Waals surface area contributed by atoms with E-state index in [0.29, 0.717) is 6.42 Å². The Balaban J connectivity index is 1.31. The predicted octanol–water partition coefficient (Wildman–Crippen LogP) is 4.83. The zero-order valence-electron chi connectivity index (χ0n) is 30.7. The van der Waals surface area contributed by atoms with Crippen molar-refractivity contribution in [3.05, 3.63) is 126 Å². The zero-order chi connectivity index (χ0) is 37.8. The zero-order valence-corrected chi connectivity index (χ0v) is 30.7. The minimum atomic E-state index is -1.25. The number of alkyl carbamates (subject to hydrolysis) is 1. The van der Waals surface area contributed by atoms with Gasteiger partial charge in [-0.25, -0.2) is 9.80 Å². The molecule has 4 aromatic rings. The number of nitrogens with one attached hydrogen (secondary N) is 2. The highest BCUT2D eigenvalue weighted by atomic mass is 16.5. The molecule has 0 unspecified atom stereocenters.